The average Bonchev–Trinajstić information content (AvgIpc) is 2.51. The van der Waals surface area contributed by atoms with E-state index in [1.807, 2.05) is 13.8 Å². The lowest BCUT2D eigenvalue weighted by Crippen LogP contribution is -2.13. The van der Waals surface area contributed by atoms with Crippen molar-refractivity contribution in [2.45, 2.75) is 26.9 Å². The normalized spacial score (nSPS) is 10.6. The minimum absolute atomic E-state index is 0.0856. The van der Waals surface area contributed by atoms with Gasteiger partial charge >= 0.3 is 6.18 Å². The molecule has 0 saturated heterocycles. The van der Waals surface area contributed by atoms with Crippen molar-refractivity contribution in [3.05, 3.63) is 64.2 Å². The fourth-order valence-corrected chi connectivity index (χ4v) is 1.88. The van der Waals surface area contributed by atoms with Gasteiger partial charge in [0.15, 0.2) is 0 Å². The molecule has 0 atom stereocenters. The number of carbonyl (C=O) groups is 1. The van der Waals surface area contributed by atoms with Crippen molar-refractivity contribution in [1.29, 1.82) is 0 Å². The second kappa shape index (κ2) is 8.02. The van der Waals surface area contributed by atoms with Crippen LogP contribution in [0.15, 0.2) is 42.5 Å². The first-order valence-corrected chi connectivity index (χ1v) is 7.40. The van der Waals surface area contributed by atoms with Gasteiger partial charge in [-0.2, -0.15) is 13.2 Å². The van der Waals surface area contributed by atoms with E-state index in [9.17, 15) is 18.0 Å². The Balaban J connectivity index is 0.00000127. The number of amides is 1. The molecule has 2 aromatic rings. The summed E-state index contributed by atoms with van der Waals surface area (Å²) in [5, 5.41) is 2.95. The van der Waals surface area contributed by atoms with Gasteiger partial charge in [-0.3, -0.25) is 4.79 Å². The highest BCUT2D eigenvalue weighted by atomic mass is 35.5. The number of rotatable bonds is 2. The van der Waals surface area contributed by atoms with Gasteiger partial charge in [-0.1, -0.05) is 31.5 Å². The minimum atomic E-state index is -4.45. The molecule has 0 fully saturated rings. The first-order chi connectivity index (χ1) is 10.8. The smallest absolute Gasteiger partial charge is 0.322 e. The Labute approximate surface area is 138 Å². The van der Waals surface area contributed by atoms with Gasteiger partial charge in [0.1, 0.15) is 0 Å². The number of hydrogen-bond acceptors (Lipinski definition) is 1. The highest BCUT2D eigenvalue weighted by Crippen LogP contribution is 2.30. The van der Waals surface area contributed by atoms with Crippen molar-refractivity contribution in [2.24, 2.45) is 0 Å². The molecule has 23 heavy (non-hydrogen) atoms. The second-order valence-electron chi connectivity index (χ2n) is 4.50. The lowest BCUT2D eigenvalue weighted by atomic mass is 10.1. The van der Waals surface area contributed by atoms with Gasteiger partial charge in [-0.15, -0.1) is 0 Å². The standard InChI is InChI=1S/C15H11ClF3NO.C2H6/c1-9-7-10(5-6-13(9)16)14(21)20-12-4-2-3-11(8-12)15(17,18)19;1-2/h2-8H,1H3,(H,20,21);1-2H3. The molecule has 1 N–H and O–H groups in total. The number of anilines is 1. The summed E-state index contributed by atoms with van der Waals surface area (Å²) in [6.45, 7) is 5.74. The van der Waals surface area contributed by atoms with Crippen molar-refractivity contribution in [3.8, 4) is 0 Å². The molecular weight excluding hydrogens is 327 g/mol. The Hall–Kier alpha value is -2.01. The number of hydrogen-bond donors (Lipinski definition) is 1. The Kier molecular flexibility index (Phi) is 6.63. The summed E-state index contributed by atoms with van der Waals surface area (Å²) in [6, 6.07) is 9.13. The molecule has 2 nitrogen and oxygen atoms in total. The monoisotopic (exact) mass is 343 g/mol. The molecule has 0 aromatic heterocycles. The van der Waals surface area contributed by atoms with Gasteiger partial charge in [0.05, 0.1) is 5.56 Å². The third kappa shape index (κ3) is 5.28. The molecule has 2 aromatic carbocycles. The zero-order chi connectivity index (χ0) is 17.6. The van der Waals surface area contributed by atoms with E-state index in [4.69, 9.17) is 11.6 Å². The lowest BCUT2D eigenvalue weighted by Gasteiger charge is -2.10. The predicted molar refractivity (Wildman–Crippen MR) is 86.9 cm³/mol. The summed E-state index contributed by atoms with van der Waals surface area (Å²) >= 11 is 5.86. The summed E-state index contributed by atoms with van der Waals surface area (Å²) in [7, 11) is 0. The Bertz CT molecular complexity index is 684. The molecule has 0 radical (unpaired) electrons. The van der Waals surface area contributed by atoms with Crippen LogP contribution in [0.3, 0.4) is 0 Å². The van der Waals surface area contributed by atoms with Gasteiger partial charge in [-0.25, -0.2) is 0 Å². The maximum absolute atomic E-state index is 12.6. The third-order valence-corrected chi connectivity index (χ3v) is 3.29. The minimum Gasteiger partial charge on any atom is -0.322 e. The molecule has 0 saturated carbocycles. The van der Waals surface area contributed by atoms with E-state index in [1.54, 1.807) is 19.1 Å². The van der Waals surface area contributed by atoms with E-state index in [0.717, 1.165) is 12.1 Å². The zero-order valence-electron chi connectivity index (χ0n) is 13.0. The van der Waals surface area contributed by atoms with E-state index < -0.39 is 17.6 Å². The molecule has 0 spiro atoms. The number of alkyl halides is 3. The first-order valence-electron chi connectivity index (χ1n) is 7.02. The van der Waals surface area contributed by atoms with Gasteiger partial charge in [0, 0.05) is 16.3 Å². The molecule has 0 unspecified atom stereocenters. The van der Waals surface area contributed by atoms with Crippen molar-refractivity contribution >= 4 is 23.2 Å². The topological polar surface area (TPSA) is 29.1 Å². The van der Waals surface area contributed by atoms with E-state index in [0.29, 0.717) is 16.1 Å². The quantitative estimate of drug-likeness (QED) is 0.717. The number of benzene rings is 2. The second-order valence-corrected chi connectivity index (χ2v) is 4.90. The van der Waals surface area contributed by atoms with Crippen LogP contribution < -0.4 is 5.32 Å². The number of halogens is 4. The Morgan fingerprint density at radius 1 is 1.09 bits per heavy atom. The average molecular weight is 344 g/mol. The fourth-order valence-electron chi connectivity index (χ4n) is 1.76. The summed E-state index contributed by atoms with van der Waals surface area (Å²) in [5.74, 6) is -0.492. The zero-order valence-corrected chi connectivity index (χ0v) is 13.7. The largest absolute Gasteiger partial charge is 0.416 e. The summed E-state index contributed by atoms with van der Waals surface area (Å²) < 4.78 is 37.8. The van der Waals surface area contributed by atoms with Crippen molar-refractivity contribution in [1.82, 2.24) is 0 Å². The van der Waals surface area contributed by atoms with Crippen LogP contribution in [0.5, 0.6) is 0 Å². The molecule has 1 amide bonds. The van der Waals surface area contributed by atoms with Crippen LogP contribution >= 0.6 is 11.6 Å². The molecule has 0 aliphatic heterocycles. The van der Waals surface area contributed by atoms with Crippen molar-refractivity contribution in [3.63, 3.8) is 0 Å². The van der Waals surface area contributed by atoms with E-state index in [2.05, 4.69) is 5.32 Å². The van der Waals surface area contributed by atoms with Gasteiger partial charge in [-0.05, 0) is 48.9 Å². The number of carbonyl (C=O) groups excluding carboxylic acids is 1. The van der Waals surface area contributed by atoms with Crippen molar-refractivity contribution in [2.75, 3.05) is 5.32 Å². The van der Waals surface area contributed by atoms with Crippen LogP contribution in [0.2, 0.25) is 5.02 Å². The molecule has 0 aliphatic carbocycles. The molecular formula is C17H17ClF3NO. The van der Waals surface area contributed by atoms with Gasteiger partial charge < -0.3 is 5.32 Å². The Morgan fingerprint density at radius 2 is 1.74 bits per heavy atom. The molecule has 0 aliphatic rings. The van der Waals surface area contributed by atoms with Crippen LogP contribution in [0, 0.1) is 6.92 Å². The summed E-state index contributed by atoms with van der Waals surface area (Å²) in [5.41, 5.74) is 0.317. The van der Waals surface area contributed by atoms with E-state index >= 15 is 0 Å². The molecule has 2 rings (SSSR count). The summed E-state index contributed by atoms with van der Waals surface area (Å²) in [4.78, 5) is 12.0. The SMILES string of the molecule is CC.Cc1cc(C(=O)Nc2cccc(C(F)(F)F)c2)ccc1Cl. The highest BCUT2D eigenvalue weighted by molar-refractivity contribution is 6.31. The molecule has 0 heterocycles. The summed E-state index contributed by atoms with van der Waals surface area (Å²) in [6.07, 6.45) is -4.45. The number of aryl methyl sites for hydroxylation is 1. The van der Waals surface area contributed by atoms with Gasteiger partial charge in [0.25, 0.3) is 5.91 Å². The maximum Gasteiger partial charge on any atom is 0.416 e. The van der Waals surface area contributed by atoms with Crippen LogP contribution in [0.25, 0.3) is 0 Å². The third-order valence-electron chi connectivity index (χ3n) is 2.87. The number of nitrogens with one attached hydrogen (secondary N) is 1. The van der Waals surface area contributed by atoms with E-state index in [-0.39, 0.29) is 5.69 Å². The first kappa shape index (κ1) is 19.0. The van der Waals surface area contributed by atoms with Crippen LogP contribution in [0.4, 0.5) is 18.9 Å². The molecule has 0 bridgehead atoms. The van der Waals surface area contributed by atoms with Crippen molar-refractivity contribution < 1.29 is 18.0 Å². The van der Waals surface area contributed by atoms with Crippen LogP contribution in [0.1, 0.15) is 35.3 Å². The Morgan fingerprint density at radius 3 is 2.30 bits per heavy atom. The lowest BCUT2D eigenvalue weighted by molar-refractivity contribution is -0.137. The van der Waals surface area contributed by atoms with E-state index in [1.165, 1.54) is 18.2 Å². The fraction of sp³-hybridized carbons (Fsp3) is 0.235. The van der Waals surface area contributed by atoms with Gasteiger partial charge in [0.2, 0.25) is 0 Å². The predicted octanol–water partition coefficient (Wildman–Crippen LogP) is 5.95. The molecule has 124 valence electrons. The highest BCUT2D eigenvalue weighted by Gasteiger charge is 2.30. The molecule has 6 heteroatoms. The maximum atomic E-state index is 12.6. The van der Waals surface area contributed by atoms with Crippen LogP contribution in [-0.4, -0.2) is 5.91 Å². The van der Waals surface area contributed by atoms with Crippen LogP contribution in [-0.2, 0) is 6.18 Å².